The quantitative estimate of drug-likeness (QED) is 0.715. The first-order chi connectivity index (χ1) is 10.9. The van der Waals surface area contributed by atoms with Crippen LogP contribution in [-0.2, 0) is 6.54 Å². The molecule has 0 aliphatic rings. The molecule has 2 N–H and O–H groups in total. The standard InChI is InChI=1S/C16H14Cl3NO3/c1-2-23-15-10(5-11(17)7-13(15)19)8-20-14-6-9(16(21)22)3-4-12(14)18/h3-7,20H,2,8H2,1H3,(H,21,22). The van der Waals surface area contributed by atoms with Gasteiger partial charge in [-0.25, -0.2) is 4.79 Å². The Balaban J connectivity index is 2.27. The van der Waals surface area contributed by atoms with Gasteiger partial charge in [-0.2, -0.15) is 0 Å². The number of rotatable bonds is 6. The zero-order valence-electron chi connectivity index (χ0n) is 12.2. The SMILES string of the molecule is CCOc1c(Cl)cc(Cl)cc1CNc1cc(C(=O)O)ccc1Cl. The van der Waals surface area contributed by atoms with Gasteiger partial charge < -0.3 is 15.2 Å². The molecule has 0 fully saturated rings. The molecule has 0 saturated carbocycles. The smallest absolute Gasteiger partial charge is 0.335 e. The van der Waals surface area contributed by atoms with Crippen molar-refractivity contribution in [3.8, 4) is 5.75 Å². The largest absolute Gasteiger partial charge is 0.492 e. The molecule has 7 heteroatoms. The fourth-order valence-corrected chi connectivity index (χ4v) is 2.81. The molecule has 0 atom stereocenters. The average molecular weight is 375 g/mol. The van der Waals surface area contributed by atoms with Crippen molar-refractivity contribution in [3.63, 3.8) is 0 Å². The number of carbonyl (C=O) groups is 1. The van der Waals surface area contributed by atoms with Crippen molar-refractivity contribution in [2.45, 2.75) is 13.5 Å². The summed E-state index contributed by atoms with van der Waals surface area (Å²) < 4.78 is 5.55. The van der Waals surface area contributed by atoms with E-state index in [9.17, 15) is 4.79 Å². The van der Waals surface area contributed by atoms with Crippen LogP contribution in [0.1, 0.15) is 22.8 Å². The Morgan fingerprint density at radius 3 is 2.57 bits per heavy atom. The second-order valence-electron chi connectivity index (χ2n) is 4.66. The highest BCUT2D eigenvalue weighted by atomic mass is 35.5. The van der Waals surface area contributed by atoms with Crippen LogP contribution in [0.25, 0.3) is 0 Å². The first kappa shape index (κ1) is 17.7. The van der Waals surface area contributed by atoms with Gasteiger partial charge in [0.05, 0.1) is 27.9 Å². The molecule has 0 radical (unpaired) electrons. The third-order valence-corrected chi connectivity index (χ3v) is 3.89. The molecule has 2 aromatic carbocycles. The predicted molar refractivity (Wildman–Crippen MR) is 93.4 cm³/mol. The summed E-state index contributed by atoms with van der Waals surface area (Å²) in [5, 5.41) is 13.5. The van der Waals surface area contributed by atoms with Crippen molar-refractivity contribution in [3.05, 3.63) is 56.5 Å². The van der Waals surface area contributed by atoms with Crippen molar-refractivity contribution in [1.82, 2.24) is 0 Å². The molecule has 0 unspecified atom stereocenters. The number of hydrogen-bond donors (Lipinski definition) is 2. The number of carboxylic acid groups (broad SMARTS) is 1. The Morgan fingerprint density at radius 2 is 1.91 bits per heavy atom. The lowest BCUT2D eigenvalue weighted by Gasteiger charge is -2.15. The van der Waals surface area contributed by atoms with E-state index in [1.54, 1.807) is 12.1 Å². The monoisotopic (exact) mass is 373 g/mol. The fourth-order valence-electron chi connectivity index (χ4n) is 2.04. The van der Waals surface area contributed by atoms with Crippen LogP contribution in [-0.4, -0.2) is 17.7 Å². The molecule has 122 valence electrons. The first-order valence-corrected chi connectivity index (χ1v) is 7.93. The Bertz CT molecular complexity index is 735. The minimum atomic E-state index is -1.02. The van der Waals surface area contributed by atoms with Crippen molar-refractivity contribution in [2.24, 2.45) is 0 Å². The van der Waals surface area contributed by atoms with E-state index in [-0.39, 0.29) is 5.56 Å². The maximum Gasteiger partial charge on any atom is 0.335 e. The summed E-state index contributed by atoms with van der Waals surface area (Å²) in [5.74, 6) is -0.484. The van der Waals surface area contributed by atoms with E-state index in [0.29, 0.717) is 39.7 Å². The summed E-state index contributed by atoms with van der Waals surface area (Å²) in [6.45, 7) is 2.65. The summed E-state index contributed by atoms with van der Waals surface area (Å²) in [4.78, 5) is 11.0. The van der Waals surface area contributed by atoms with Crippen molar-refractivity contribution < 1.29 is 14.6 Å². The minimum Gasteiger partial charge on any atom is -0.492 e. The number of halogens is 3. The third kappa shape index (κ3) is 4.44. The van der Waals surface area contributed by atoms with Crippen LogP contribution in [0.15, 0.2) is 30.3 Å². The summed E-state index contributed by atoms with van der Waals surface area (Å²) in [6, 6.07) is 7.78. The van der Waals surface area contributed by atoms with Gasteiger partial charge in [-0.05, 0) is 37.3 Å². The summed E-state index contributed by atoms with van der Waals surface area (Å²) >= 11 is 18.3. The van der Waals surface area contributed by atoms with E-state index in [0.717, 1.165) is 5.56 Å². The van der Waals surface area contributed by atoms with Gasteiger partial charge in [0.2, 0.25) is 0 Å². The van der Waals surface area contributed by atoms with Gasteiger partial charge >= 0.3 is 5.97 Å². The Hall–Kier alpha value is -1.62. The van der Waals surface area contributed by atoms with E-state index >= 15 is 0 Å². The van der Waals surface area contributed by atoms with Gasteiger partial charge in [-0.3, -0.25) is 0 Å². The summed E-state index contributed by atoms with van der Waals surface area (Å²) in [6.07, 6.45) is 0. The molecular weight excluding hydrogens is 361 g/mol. The molecular formula is C16H14Cl3NO3. The second-order valence-corrected chi connectivity index (χ2v) is 5.91. The lowest BCUT2D eigenvalue weighted by molar-refractivity contribution is 0.0697. The maximum absolute atomic E-state index is 11.0. The molecule has 0 aliphatic heterocycles. The Kier molecular flexibility index (Phi) is 5.99. The highest BCUT2D eigenvalue weighted by molar-refractivity contribution is 6.35. The molecule has 4 nitrogen and oxygen atoms in total. The topological polar surface area (TPSA) is 58.6 Å². The number of benzene rings is 2. The lowest BCUT2D eigenvalue weighted by atomic mass is 10.1. The molecule has 0 bridgehead atoms. The van der Waals surface area contributed by atoms with E-state index in [1.165, 1.54) is 18.2 Å². The van der Waals surface area contributed by atoms with E-state index in [4.69, 9.17) is 44.6 Å². The van der Waals surface area contributed by atoms with Gasteiger partial charge in [-0.1, -0.05) is 34.8 Å². The van der Waals surface area contributed by atoms with E-state index in [1.807, 2.05) is 6.92 Å². The zero-order valence-corrected chi connectivity index (χ0v) is 14.5. The number of nitrogens with one attached hydrogen (secondary N) is 1. The first-order valence-electron chi connectivity index (χ1n) is 6.79. The third-order valence-electron chi connectivity index (χ3n) is 3.06. The highest BCUT2D eigenvalue weighted by Crippen LogP contribution is 2.33. The molecule has 0 saturated heterocycles. The fraction of sp³-hybridized carbons (Fsp3) is 0.188. The Labute approximate surface area is 148 Å². The molecule has 2 aromatic rings. The van der Waals surface area contributed by atoms with Crippen molar-refractivity contribution >= 4 is 46.5 Å². The van der Waals surface area contributed by atoms with E-state index in [2.05, 4.69) is 5.32 Å². The van der Waals surface area contributed by atoms with Gasteiger partial charge in [-0.15, -0.1) is 0 Å². The molecule has 2 rings (SSSR count). The van der Waals surface area contributed by atoms with Gasteiger partial charge in [0.1, 0.15) is 5.75 Å². The van der Waals surface area contributed by atoms with E-state index < -0.39 is 5.97 Å². The lowest BCUT2D eigenvalue weighted by Crippen LogP contribution is -2.05. The van der Waals surface area contributed by atoms with Gasteiger partial charge in [0.15, 0.2) is 0 Å². The minimum absolute atomic E-state index is 0.144. The number of aromatic carboxylic acids is 1. The van der Waals surface area contributed by atoms with Crippen LogP contribution in [0.4, 0.5) is 5.69 Å². The Morgan fingerprint density at radius 1 is 1.17 bits per heavy atom. The van der Waals surface area contributed by atoms with Crippen LogP contribution in [0.5, 0.6) is 5.75 Å². The van der Waals surface area contributed by atoms with Crippen LogP contribution in [0.3, 0.4) is 0 Å². The zero-order chi connectivity index (χ0) is 17.0. The molecule has 0 heterocycles. The molecule has 0 aliphatic carbocycles. The summed E-state index contributed by atoms with van der Waals surface area (Å²) in [5.41, 5.74) is 1.40. The predicted octanol–water partition coefficient (Wildman–Crippen LogP) is 5.36. The number of anilines is 1. The molecule has 0 amide bonds. The summed E-state index contributed by atoms with van der Waals surface area (Å²) in [7, 11) is 0. The number of carboxylic acids is 1. The average Bonchev–Trinajstić information content (AvgIpc) is 2.49. The van der Waals surface area contributed by atoms with Crippen molar-refractivity contribution in [2.75, 3.05) is 11.9 Å². The van der Waals surface area contributed by atoms with Gasteiger partial charge in [0, 0.05) is 17.1 Å². The second kappa shape index (κ2) is 7.77. The normalized spacial score (nSPS) is 10.4. The van der Waals surface area contributed by atoms with Crippen LogP contribution in [0.2, 0.25) is 15.1 Å². The van der Waals surface area contributed by atoms with Crippen molar-refractivity contribution in [1.29, 1.82) is 0 Å². The van der Waals surface area contributed by atoms with Crippen LogP contribution in [0, 0.1) is 0 Å². The molecule has 0 spiro atoms. The number of hydrogen-bond acceptors (Lipinski definition) is 3. The maximum atomic E-state index is 11.0. The van der Waals surface area contributed by atoms with Gasteiger partial charge in [0.25, 0.3) is 0 Å². The molecule has 0 aromatic heterocycles. The number of ether oxygens (including phenoxy) is 1. The van der Waals surface area contributed by atoms with Crippen LogP contribution < -0.4 is 10.1 Å². The molecule has 23 heavy (non-hydrogen) atoms. The highest BCUT2D eigenvalue weighted by Gasteiger charge is 2.12. The van der Waals surface area contributed by atoms with Crippen LogP contribution >= 0.6 is 34.8 Å².